The van der Waals surface area contributed by atoms with Gasteiger partial charge in [-0.15, -0.1) is 5.10 Å². The van der Waals surface area contributed by atoms with Crippen molar-refractivity contribution < 1.29 is 49.4 Å². The zero-order chi connectivity index (χ0) is 36.9. The molecule has 1 amide bonds. The number of ether oxygens (including phenoxy) is 2. The van der Waals surface area contributed by atoms with E-state index in [0.717, 1.165) is 56.0 Å². The summed E-state index contributed by atoms with van der Waals surface area (Å²) in [5, 5.41) is 60.5. The van der Waals surface area contributed by atoms with Crippen molar-refractivity contribution in [2.45, 2.75) is 165 Å². The van der Waals surface area contributed by atoms with Crippen LogP contribution in [0.4, 0.5) is 5.82 Å². The number of nitrogens with zero attached hydrogens (tertiary/aromatic N) is 3. The van der Waals surface area contributed by atoms with Crippen molar-refractivity contribution in [3.8, 4) is 0 Å². The summed E-state index contributed by atoms with van der Waals surface area (Å²) in [7, 11) is 0. The number of hydrogen-bond donors (Lipinski definition) is 7. The molecule has 1 aliphatic rings. The smallest absolute Gasteiger partial charge is 0.306 e. The Balaban J connectivity index is 1.84. The minimum absolute atomic E-state index is 0.0602. The largest absolute Gasteiger partial charge is 0.462 e. The van der Waals surface area contributed by atoms with Gasteiger partial charge in [0.05, 0.1) is 12.2 Å². The number of unbranched alkanes of at least 4 members (excludes halogenated alkanes) is 12. The van der Waals surface area contributed by atoms with E-state index in [0.29, 0.717) is 6.42 Å². The predicted octanol–water partition coefficient (Wildman–Crippen LogP) is 2.37. The maximum absolute atomic E-state index is 12.8. The number of aliphatic hydroxyl groups is 5. The summed E-state index contributed by atoms with van der Waals surface area (Å²) in [5.74, 6) is -0.991. The van der Waals surface area contributed by atoms with Crippen LogP contribution in [-0.4, -0.2) is 119 Å². The first-order chi connectivity index (χ1) is 24.0. The number of aromatic nitrogens is 3. The highest BCUT2D eigenvalue weighted by molar-refractivity contribution is 7.99. The molecular formula is C34H61N5O10S. The minimum atomic E-state index is -1.76. The van der Waals surface area contributed by atoms with Crippen molar-refractivity contribution in [3.05, 3.63) is 6.20 Å². The van der Waals surface area contributed by atoms with E-state index in [1.165, 1.54) is 56.5 Å². The molecular weight excluding hydrogens is 670 g/mol. The molecule has 2 rings (SSSR count). The molecule has 8 N–H and O–H groups in total. The summed E-state index contributed by atoms with van der Waals surface area (Å²) in [5.41, 5.74) is 6.10. The average Bonchev–Trinajstić information content (AvgIpc) is 3.55. The second-order valence-corrected chi connectivity index (χ2v) is 14.3. The lowest BCUT2D eigenvalue weighted by Gasteiger charge is -2.41. The number of amides is 1. The first kappa shape index (κ1) is 43.8. The number of nitrogens with two attached hydrogens (primary N) is 1. The highest BCUT2D eigenvalue weighted by atomic mass is 32.2. The third-order valence-electron chi connectivity index (χ3n) is 8.80. The van der Waals surface area contributed by atoms with Gasteiger partial charge in [-0.2, -0.15) is 11.8 Å². The van der Waals surface area contributed by atoms with Crippen LogP contribution in [0.5, 0.6) is 0 Å². The standard InChI is InChI=1S/C34H61N5O10S/c1-3-5-7-9-11-13-15-17-26(40)48-20-23(49-27(41)18-16-14-12-10-8-6-4-2)21-50-22-24(35)34(47)36-25-19-39(38-37-25)28-29(42)31(44)33(46)32(45)30(28)43/h19,23-24,28-33,42-46H,3-18,20-22,35H2,1-2H3,(H,36,47)/t23-,24-,28-,29+,30+,31+,32-,33-/m1/s1. The van der Waals surface area contributed by atoms with Crippen LogP contribution in [0.25, 0.3) is 0 Å². The first-order valence-electron chi connectivity index (χ1n) is 18.3. The van der Waals surface area contributed by atoms with Gasteiger partial charge in [0.2, 0.25) is 5.91 Å². The molecule has 0 unspecified atom stereocenters. The lowest BCUT2D eigenvalue weighted by Crippen LogP contribution is -2.61. The maximum Gasteiger partial charge on any atom is 0.306 e. The fourth-order valence-corrected chi connectivity index (χ4v) is 6.67. The zero-order valence-electron chi connectivity index (χ0n) is 29.7. The zero-order valence-corrected chi connectivity index (χ0v) is 30.6. The number of esters is 2. The van der Waals surface area contributed by atoms with Crippen molar-refractivity contribution in [2.75, 3.05) is 23.4 Å². The Bertz CT molecular complexity index is 1100. The summed E-state index contributed by atoms with van der Waals surface area (Å²) in [6.45, 7) is 4.25. The van der Waals surface area contributed by atoms with Gasteiger partial charge in [0.25, 0.3) is 0 Å². The number of rotatable bonds is 26. The molecule has 0 bridgehead atoms. The van der Waals surface area contributed by atoms with Gasteiger partial charge in [0.1, 0.15) is 49.3 Å². The second-order valence-electron chi connectivity index (χ2n) is 13.2. The molecule has 0 aromatic carbocycles. The van der Waals surface area contributed by atoms with Crippen LogP contribution in [0.3, 0.4) is 0 Å². The molecule has 1 aromatic heterocycles. The first-order valence-corrected chi connectivity index (χ1v) is 19.5. The number of thioether (sulfide) groups is 1. The monoisotopic (exact) mass is 731 g/mol. The van der Waals surface area contributed by atoms with Gasteiger partial charge in [-0.05, 0) is 12.8 Å². The third kappa shape index (κ3) is 15.9. The number of carbonyl (C=O) groups excluding carboxylic acids is 3. The Morgan fingerprint density at radius 3 is 1.84 bits per heavy atom. The number of nitrogens with one attached hydrogen (secondary N) is 1. The van der Waals surface area contributed by atoms with Gasteiger partial charge in [-0.25, -0.2) is 4.68 Å². The number of anilines is 1. The van der Waals surface area contributed by atoms with E-state index in [4.69, 9.17) is 15.2 Å². The molecule has 1 aliphatic carbocycles. The summed E-state index contributed by atoms with van der Waals surface area (Å²) in [4.78, 5) is 37.8. The van der Waals surface area contributed by atoms with Crippen molar-refractivity contribution >= 4 is 35.4 Å². The van der Waals surface area contributed by atoms with Crippen LogP contribution in [0.2, 0.25) is 0 Å². The van der Waals surface area contributed by atoms with E-state index in [9.17, 15) is 39.9 Å². The quantitative estimate of drug-likeness (QED) is 0.0535. The molecule has 1 heterocycles. The summed E-state index contributed by atoms with van der Waals surface area (Å²) in [6, 6.07) is -2.36. The van der Waals surface area contributed by atoms with Crippen LogP contribution in [0, 0.1) is 0 Å². The minimum Gasteiger partial charge on any atom is -0.462 e. The van der Waals surface area contributed by atoms with Gasteiger partial charge in [-0.3, -0.25) is 14.4 Å². The Labute approximate surface area is 300 Å². The molecule has 8 atom stereocenters. The summed E-state index contributed by atoms with van der Waals surface area (Å²) >= 11 is 1.26. The van der Waals surface area contributed by atoms with Crippen molar-refractivity contribution in [1.82, 2.24) is 15.0 Å². The van der Waals surface area contributed by atoms with E-state index in [1.807, 2.05) is 0 Å². The average molecular weight is 732 g/mol. The normalized spacial score (nSPS) is 23.3. The van der Waals surface area contributed by atoms with Crippen molar-refractivity contribution in [2.24, 2.45) is 5.73 Å². The number of aliphatic hydroxyl groups excluding tert-OH is 5. The topological polar surface area (TPSA) is 240 Å². The number of hydrogen-bond acceptors (Lipinski definition) is 14. The van der Waals surface area contributed by atoms with E-state index in [2.05, 4.69) is 29.5 Å². The molecule has 16 heteroatoms. The SMILES string of the molecule is CCCCCCCCCC(=O)OC[C@H](CSC[C@@H](N)C(=O)Nc1cn([C@@H]2[C@H](O)[C@H](O)[C@@H](O)[C@H](O)[C@H]2O)nn1)OC(=O)CCCCCCCCC. The highest BCUT2D eigenvalue weighted by Gasteiger charge is 2.49. The molecule has 0 spiro atoms. The Hall–Kier alpha value is -2.34. The van der Waals surface area contributed by atoms with E-state index >= 15 is 0 Å². The molecule has 1 fully saturated rings. The van der Waals surface area contributed by atoms with E-state index in [-0.39, 0.29) is 42.3 Å². The molecule has 0 radical (unpaired) electrons. The molecule has 50 heavy (non-hydrogen) atoms. The van der Waals surface area contributed by atoms with Gasteiger partial charge in [-0.1, -0.05) is 96.1 Å². The van der Waals surface area contributed by atoms with Gasteiger partial charge >= 0.3 is 11.9 Å². The molecule has 15 nitrogen and oxygen atoms in total. The van der Waals surface area contributed by atoms with Crippen LogP contribution in [0.1, 0.15) is 123 Å². The van der Waals surface area contributed by atoms with Crippen molar-refractivity contribution in [1.29, 1.82) is 0 Å². The van der Waals surface area contributed by atoms with E-state index < -0.39 is 54.6 Å². The second kappa shape index (κ2) is 24.8. The lowest BCUT2D eigenvalue weighted by molar-refractivity contribution is -0.200. The van der Waals surface area contributed by atoms with Crippen LogP contribution >= 0.6 is 11.8 Å². The molecule has 288 valence electrons. The summed E-state index contributed by atoms with van der Waals surface area (Å²) in [6.07, 6.45) is 7.49. The van der Waals surface area contributed by atoms with Gasteiger partial charge in [0, 0.05) is 24.3 Å². The molecule has 0 saturated heterocycles. The fourth-order valence-electron chi connectivity index (χ4n) is 5.70. The van der Waals surface area contributed by atoms with Crippen LogP contribution in [-0.2, 0) is 23.9 Å². The maximum atomic E-state index is 12.8. The van der Waals surface area contributed by atoms with Gasteiger partial charge < -0.3 is 46.1 Å². The van der Waals surface area contributed by atoms with Crippen molar-refractivity contribution in [3.63, 3.8) is 0 Å². The lowest BCUT2D eigenvalue weighted by atomic mass is 9.83. The molecule has 1 saturated carbocycles. The Kier molecular flexibility index (Phi) is 21.7. The van der Waals surface area contributed by atoms with E-state index in [1.54, 1.807) is 0 Å². The molecule has 1 aromatic rings. The number of carbonyl (C=O) groups is 3. The Morgan fingerprint density at radius 2 is 1.28 bits per heavy atom. The fraction of sp³-hybridized carbons (Fsp3) is 0.853. The van der Waals surface area contributed by atoms with Crippen LogP contribution in [0.15, 0.2) is 6.20 Å². The van der Waals surface area contributed by atoms with Crippen LogP contribution < -0.4 is 11.1 Å². The third-order valence-corrected chi connectivity index (χ3v) is 10.0. The Morgan fingerprint density at radius 1 is 0.780 bits per heavy atom. The molecule has 0 aliphatic heterocycles. The summed E-state index contributed by atoms with van der Waals surface area (Å²) < 4.78 is 12.1. The van der Waals surface area contributed by atoms with Gasteiger partial charge in [0.15, 0.2) is 5.82 Å². The predicted molar refractivity (Wildman–Crippen MR) is 189 cm³/mol. The highest BCUT2D eigenvalue weighted by Crippen LogP contribution is 2.30.